The lowest BCUT2D eigenvalue weighted by atomic mass is 10.0. The third-order valence-corrected chi connectivity index (χ3v) is 6.96. The number of para-hydroxylation sites is 1. The van der Waals surface area contributed by atoms with E-state index in [4.69, 9.17) is 16.3 Å². The molecule has 1 unspecified atom stereocenters. The molecule has 4 rings (SSSR count). The van der Waals surface area contributed by atoms with Gasteiger partial charge in [-0.2, -0.15) is 0 Å². The number of hydrogen-bond acceptors (Lipinski definition) is 5. The van der Waals surface area contributed by atoms with Gasteiger partial charge >= 0.3 is 0 Å². The molecule has 2 aromatic carbocycles. The van der Waals surface area contributed by atoms with Gasteiger partial charge in [0, 0.05) is 17.7 Å². The molecule has 1 fully saturated rings. The average molecular weight is 484 g/mol. The Kier molecular flexibility index (Phi) is 7.65. The van der Waals surface area contributed by atoms with Crippen molar-refractivity contribution in [1.82, 2.24) is 10.2 Å². The topological polar surface area (TPSA) is 70.7 Å². The number of methoxy groups -OCH3 is 1. The smallest absolute Gasteiger partial charge is 0.265 e. The zero-order chi connectivity index (χ0) is 23.2. The van der Waals surface area contributed by atoms with Gasteiger partial charge in [-0.25, -0.2) is 0 Å². The van der Waals surface area contributed by atoms with Gasteiger partial charge in [-0.15, -0.1) is 11.3 Å². The highest BCUT2D eigenvalue weighted by Crippen LogP contribution is 2.31. The number of halogens is 1. The summed E-state index contributed by atoms with van der Waals surface area (Å²) >= 11 is 7.61. The van der Waals surface area contributed by atoms with Gasteiger partial charge in [0.05, 0.1) is 28.7 Å². The fourth-order valence-electron chi connectivity index (χ4n) is 4.08. The number of thiophene rings is 1. The first kappa shape index (κ1) is 23.3. The van der Waals surface area contributed by atoms with E-state index >= 15 is 0 Å². The van der Waals surface area contributed by atoms with Gasteiger partial charge in [0.2, 0.25) is 0 Å². The minimum atomic E-state index is -0.255. The van der Waals surface area contributed by atoms with Crippen molar-refractivity contribution >= 4 is 40.4 Å². The van der Waals surface area contributed by atoms with Crippen LogP contribution in [0, 0.1) is 0 Å². The van der Waals surface area contributed by atoms with Crippen molar-refractivity contribution in [2.24, 2.45) is 0 Å². The van der Waals surface area contributed by atoms with Crippen LogP contribution in [0.4, 0.5) is 5.69 Å². The molecule has 1 saturated heterocycles. The lowest BCUT2D eigenvalue weighted by molar-refractivity contribution is 0.0936. The van der Waals surface area contributed by atoms with Gasteiger partial charge in [-0.3, -0.25) is 14.5 Å². The van der Waals surface area contributed by atoms with Gasteiger partial charge in [-0.1, -0.05) is 35.9 Å². The number of nitrogens with one attached hydrogen (secondary N) is 2. The highest BCUT2D eigenvalue weighted by molar-refractivity contribution is 7.12. The maximum absolute atomic E-state index is 13.0. The summed E-state index contributed by atoms with van der Waals surface area (Å²) in [6.45, 7) is 2.41. The maximum Gasteiger partial charge on any atom is 0.265 e. The van der Waals surface area contributed by atoms with Crippen LogP contribution in [0.5, 0.6) is 5.75 Å². The molecule has 172 valence electrons. The van der Waals surface area contributed by atoms with E-state index in [0.717, 1.165) is 37.2 Å². The van der Waals surface area contributed by atoms with Crippen LogP contribution in [0.3, 0.4) is 0 Å². The van der Waals surface area contributed by atoms with E-state index in [9.17, 15) is 9.59 Å². The number of anilines is 1. The summed E-state index contributed by atoms with van der Waals surface area (Å²) in [4.78, 5) is 28.4. The second-order valence-electron chi connectivity index (χ2n) is 7.84. The number of nitrogens with zero attached hydrogens (tertiary/aromatic N) is 1. The Labute approximate surface area is 202 Å². The van der Waals surface area contributed by atoms with Crippen LogP contribution in [-0.2, 0) is 0 Å². The molecular weight excluding hydrogens is 458 g/mol. The predicted octanol–water partition coefficient (Wildman–Crippen LogP) is 5.23. The number of rotatable bonds is 8. The van der Waals surface area contributed by atoms with E-state index in [1.807, 2.05) is 29.6 Å². The highest BCUT2D eigenvalue weighted by atomic mass is 35.5. The van der Waals surface area contributed by atoms with E-state index in [1.54, 1.807) is 31.4 Å². The predicted molar refractivity (Wildman–Crippen MR) is 133 cm³/mol. The van der Waals surface area contributed by atoms with E-state index in [2.05, 4.69) is 21.6 Å². The van der Waals surface area contributed by atoms with E-state index < -0.39 is 0 Å². The number of hydrogen-bond donors (Lipinski definition) is 2. The van der Waals surface area contributed by atoms with Crippen molar-refractivity contribution < 1.29 is 14.3 Å². The van der Waals surface area contributed by atoms with E-state index in [1.165, 1.54) is 11.3 Å². The lowest BCUT2D eigenvalue weighted by Gasteiger charge is -2.29. The first-order valence-electron chi connectivity index (χ1n) is 10.9. The number of benzene rings is 2. The van der Waals surface area contributed by atoms with Crippen molar-refractivity contribution in [2.45, 2.75) is 18.9 Å². The molecule has 8 heteroatoms. The van der Waals surface area contributed by atoms with Crippen LogP contribution < -0.4 is 15.4 Å². The third-order valence-electron chi connectivity index (χ3n) is 5.76. The van der Waals surface area contributed by atoms with E-state index in [-0.39, 0.29) is 17.9 Å². The largest absolute Gasteiger partial charge is 0.496 e. The van der Waals surface area contributed by atoms with Crippen LogP contribution in [0.1, 0.15) is 44.5 Å². The molecule has 33 heavy (non-hydrogen) atoms. The number of ether oxygens (including phenoxy) is 1. The summed E-state index contributed by atoms with van der Waals surface area (Å²) in [6, 6.07) is 16.4. The summed E-state index contributed by atoms with van der Waals surface area (Å²) in [5.41, 5.74) is 1.90. The molecule has 6 nitrogen and oxygen atoms in total. The third kappa shape index (κ3) is 5.55. The summed E-state index contributed by atoms with van der Waals surface area (Å²) in [6.07, 6.45) is 2.29. The highest BCUT2D eigenvalue weighted by Gasteiger charge is 2.26. The Balaban J connectivity index is 1.49. The molecule has 0 spiro atoms. The molecule has 1 aliphatic rings. The zero-order valence-electron chi connectivity index (χ0n) is 18.3. The van der Waals surface area contributed by atoms with Crippen LogP contribution >= 0.6 is 22.9 Å². The van der Waals surface area contributed by atoms with Crippen molar-refractivity contribution in [3.63, 3.8) is 0 Å². The molecule has 2 amide bonds. The molecule has 1 aromatic heterocycles. The Morgan fingerprint density at radius 1 is 1.09 bits per heavy atom. The molecule has 2 heterocycles. The molecule has 1 atom stereocenters. The lowest BCUT2D eigenvalue weighted by Crippen LogP contribution is -2.37. The molecule has 3 aromatic rings. The molecule has 0 radical (unpaired) electrons. The molecule has 0 aliphatic carbocycles. The Hall–Kier alpha value is -2.87. The summed E-state index contributed by atoms with van der Waals surface area (Å²) in [5.74, 6) is 0.334. The van der Waals surface area contributed by atoms with Gasteiger partial charge in [0.25, 0.3) is 11.8 Å². The Morgan fingerprint density at radius 3 is 2.61 bits per heavy atom. The van der Waals surface area contributed by atoms with Crippen LogP contribution in [0.25, 0.3) is 0 Å². The maximum atomic E-state index is 13.0. The van der Waals surface area contributed by atoms with Crippen molar-refractivity contribution in [3.05, 3.63) is 81.0 Å². The van der Waals surface area contributed by atoms with Gasteiger partial charge in [-0.05, 0) is 61.6 Å². The van der Waals surface area contributed by atoms with Crippen molar-refractivity contribution in [1.29, 1.82) is 0 Å². The quantitative estimate of drug-likeness (QED) is 0.460. The van der Waals surface area contributed by atoms with Crippen molar-refractivity contribution in [3.8, 4) is 5.75 Å². The minimum absolute atomic E-state index is 0.0119. The Morgan fingerprint density at radius 2 is 1.88 bits per heavy atom. The summed E-state index contributed by atoms with van der Waals surface area (Å²) in [5, 5.41) is 8.06. The van der Waals surface area contributed by atoms with Crippen LogP contribution in [0.15, 0.2) is 60.0 Å². The number of carbonyl (C=O) groups is 2. The fraction of sp³-hybridized carbons (Fsp3) is 0.280. The van der Waals surface area contributed by atoms with E-state index in [0.29, 0.717) is 27.7 Å². The summed E-state index contributed by atoms with van der Waals surface area (Å²) in [7, 11) is 1.66. The second kappa shape index (κ2) is 10.8. The Bertz CT molecular complexity index is 1110. The molecular formula is C25H26ClN3O3S. The van der Waals surface area contributed by atoms with Crippen molar-refractivity contribution in [2.75, 3.05) is 32.1 Å². The number of carbonyl (C=O) groups excluding carboxylic acids is 2. The zero-order valence-corrected chi connectivity index (χ0v) is 19.9. The van der Waals surface area contributed by atoms with Gasteiger partial charge in [0.15, 0.2) is 0 Å². The monoisotopic (exact) mass is 483 g/mol. The SMILES string of the molecule is COc1ccccc1C(CNC(=O)c1ccc(Cl)c(NC(=O)c2cccs2)c1)N1CCCC1. The van der Waals surface area contributed by atoms with Crippen LogP contribution in [-0.4, -0.2) is 43.5 Å². The molecule has 0 bridgehead atoms. The van der Waals surface area contributed by atoms with Gasteiger partial charge < -0.3 is 15.4 Å². The average Bonchev–Trinajstić information content (AvgIpc) is 3.55. The first-order valence-corrected chi connectivity index (χ1v) is 12.1. The first-order chi connectivity index (χ1) is 16.1. The number of likely N-dealkylation sites (tertiary alicyclic amines) is 1. The van der Waals surface area contributed by atoms with Crippen LogP contribution in [0.2, 0.25) is 5.02 Å². The fourth-order valence-corrected chi connectivity index (χ4v) is 4.86. The number of amides is 2. The minimum Gasteiger partial charge on any atom is -0.496 e. The normalized spacial score (nSPS) is 14.6. The summed E-state index contributed by atoms with van der Waals surface area (Å²) < 4.78 is 5.58. The standard InChI is InChI=1S/C25H26ClN3O3S/c1-32-22-8-3-2-7-18(22)21(29-12-4-5-13-29)16-27-24(30)17-10-11-19(26)20(15-17)28-25(31)23-9-6-14-33-23/h2-3,6-11,14-15,21H,4-5,12-13,16H2,1H3,(H,27,30)(H,28,31). The van der Waals surface area contributed by atoms with Gasteiger partial charge in [0.1, 0.15) is 5.75 Å². The molecule has 1 aliphatic heterocycles. The molecule has 0 saturated carbocycles. The molecule has 2 N–H and O–H groups in total. The second-order valence-corrected chi connectivity index (χ2v) is 9.19.